The van der Waals surface area contributed by atoms with Gasteiger partial charge in [0.05, 0.1) is 10.6 Å². The summed E-state index contributed by atoms with van der Waals surface area (Å²) in [5, 5.41) is 9.90. The fraction of sp³-hybridized carbons (Fsp3) is 0.133. The second kappa shape index (κ2) is 5.07. The number of fused-ring (bicyclic) bond motifs is 2. The van der Waals surface area contributed by atoms with Gasteiger partial charge in [-0.1, -0.05) is 17.7 Å². The second-order valence-corrected chi connectivity index (χ2v) is 5.95. The summed E-state index contributed by atoms with van der Waals surface area (Å²) in [6.45, 7) is 1.82. The van der Waals surface area contributed by atoms with E-state index in [1.165, 1.54) is 12.1 Å². The van der Waals surface area contributed by atoms with Crippen molar-refractivity contribution in [2.45, 2.75) is 12.8 Å². The molecule has 4 rings (SSSR count). The topological polar surface area (TPSA) is 106 Å². The van der Waals surface area contributed by atoms with Crippen LogP contribution < -0.4 is 16.6 Å². The van der Waals surface area contributed by atoms with E-state index in [0.29, 0.717) is 16.9 Å². The van der Waals surface area contributed by atoms with Crippen LogP contribution in [0.5, 0.6) is 0 Å². The summed E-state index contributed by atoms with van der Waals surface area (Å²) in [5.74, 6) is -0.345. The van der Waals surface area contributed by atoms with Crippen LogP contribution in [-0.2, 0) is 0 Å². The number of anilines is 2. The van der Waals surface area contributed by atoms with Gasteiger partial charge in [-0.25, -0.2) is 9.18 Å². The zero-order valence-corrected chi connectivity index (χ0v) is 13.1. The number of aryl methyl sites for hydroxylation is 1. The minimum Gasteiger partial charge on any atom is -0.324 e. The van der Waals surface area contributed by atoms with Crippen LogP contribution in [-0.4, -0.2) is 20.2 Å². The van der Waals surface area contributed by atoms with Gasteiger partial charge in [0.2, 0.25) is 0 Å². The van der Waals surface area contributed by atoms with E-state index in [1.54, 1.807) is 6.07 Å². The molecule has 1 aliphatic rings. The average molecular weight is 348 g/mol. The van der Waals surface area contributed by atoms with Crippen molar-refractivity contribution in [2.24, 2.45) is 0 Å². The molecule has 9 heteroatoms. The Balaban J connectivity index is 2.05. The first-order chi connectivity index (χ1) is 11.5. The number of H-pyrrole nitrogens is 3. The summed E-state index contributed by atoms with van der Waals surface area (Å²) in [6.07, 6.45) is 0. The van der Waals surface area contributed by atoms with Crippen molar-refractivity contribution in [1.29, 1.82) is 0 Å². The molecule has 0 saturated heterocycles. The lowest BCUT2D eigenvalue weighted by molar-refractivity contribution is 0.627. The predicted molar refractivity (Wildman–Crippen MR) is 86.6 cm³/mol. The van der Waals surface area contributed by atoms with Crippen LogP contribution in [0.25, 0.3) is 0 Å². The Hall–Kier alpha value is -2.87. The Morgan fingerprint density at radius 1 is 1.21 bits per heavy atom. The van der Waals surface area contributed by atoms with Gasteiger partial charge in [0.25, 0.3) is 5.56 Å². The Bertz CT molecular complexity index is 1080. The lowest BCUT2D eigenvalue weighted by Gasteiger charge is -2.25. The molecule has 1 atom stereocenters. The van der Waals surface area contributed by atoms with Crippen molar-refractivity contribution in [3.8, 4) is 0 Å². The molecule has 0 bridgehead atoms. The number of aromatic amines is 3. The molecule has 0 aliphatic carbocycles. The van der Waals surface area contributed by atoms with Crippen molar-refractivity contribution in [1.82, 2.24) is 20.2 Å². The van der Waals surface area contributed by atoms with Crippen molar-refractivity contribution < 1.29 is 4.39 Å². The molecule has 0 spiro atoms. The highest BCUT2D eigenvalue weighted by Gasteiger charge is 2.34. The number of aromatic nitrogens is 4. The van der Waals surface area contributed by atoms with E-state index in [1.807, 2.05) is 6.92 Å². The van der Waals surface area contributed by atoms with E-state index in [-0.39, 0.29) is 10.8 Å². The van der Waals surface area contributed by atoms with Crippen LogP contribution in [0, 0.1) is 12.7 Å². The Morgan fingerprint density at radius 2 is 2.00 bits per heavy atom. The molecule has 0 unspecified atom stereocenters. The van der Waals surface area contributed by atoms with Crippen molar-refractivity contribution in [3.05, 3.63) is 72.3 Å². The highest BCUT2D eigenvalue weighted by Crippen LogP contribution is 2.43. The molecule has 0 saturated carbocycles. The molecule has 0 radical (unpaired) electrons. The molecule has 3 aromatic rings. The predicted octanol–water partition coefficient (Wildman–Crippen LogP) is 2.12. The summed E-state index contributed by atoms with van der Waals surface area (Å²) in [6, 6.07) is 4.27. The maximum absolute atomic E-state index is 13.5. The van der Waals surface area contributed by atoms with Crippen molar-refractivity contribution in [3.63, 3.8) is 0 Å². The van der Waals surface area contributed by atoms with Gasteiger partial charge in [0.1, 0.15) is 11.6 Å². The largest absolute Gasteiger partial charge is 0.327 e. The third-order valence-electron chi connectivity index (χ3n) is 4.07. The SMILES string of the molecule is Cc1[nH]nc2c1[C@H](c1ccc(F)c(Cl)c1)c1c([nH]c(=O)[nH]c1=O)N2. The minimum absolute atomic E-state index is 0.0452. The number of hydrogen-bond donors (Lipinski definition) is 4. The maximum atomic E-state index is 13.5. The number of halogens is 2. The fourth-order valence-electron chi connectivity index (χ4n) is 3.04. The van der Waals surface area contributed by atoms with Crippen LogP contribution in [0.4, 0.5) is 16.0 Å². The van der Waals surface area contributed by atoms with E-state index in [2.05, 4.69) is 25.5 Å². The monoisotopic (exact) mass is 347 g/mol. The first-order valence-corrected chi connectivity index (χ1v) is 7.47. The molecule has 2 aromatic heterocycles. The van der Waals surface area contributed by atoms with Gasteiger partial charge in [-0.15, -0.1) is 0 Å². The average Bonchev–Trinajstić information content (AvgIpc) is 2.89. The van der Waals surface area contributed by atoms with Crippen LogP contribution in [0.15, 0.2) is 27.8 Å². The molecule has 7 nitrogen and oxygen atoms in total. The first kappa shape index (κ1) is 14.7. The summed E-state index contributed by atoms with van der Waals surface area (Å²) in [4.78, 5) is 28.8. The fourth-order valence-corrected chi connectivity index (χ4v) is 3.23. The van der Waals surface area contributed by atoms with Crippen molar-refractivity contribution >= 4 is 23.2 Å². The lowest BCUT2D eigenvalue weighted by atomic mass is 9.83. The minimum atomic E-state index is -0.627. The van der Waals surface area contributed by atoms with Crippen LogP contribution in [0.2, 0.25) is 5.02 Å². The third kappa shape index (κ3) is 2.07. The Kier molecular flexibility index (Phi) is 3.10. The van der Waals surface area contributed by atoms with Gasteiger partial charge in [-0.3, -0.25) is 19.9 Å². The molecule has 24 heavy (non-hydrogen) atoms. The number of nitrogens with one attached hydrogen (secondary N) is 4. The van der Waals surface area contributed by atoms with E-state index >= 15 is 0 Å². The van der Waals surface area contributed by atoms with Gasteiger partial charge in [-0.2, -0.15) is 5.10 Å². The van der Waals surface area contributed by atoms with Crippen LogP contribution >= 0.6 is 11.6 Å². The first-order valence-electron chi connectivity index (χ1n) is 7.09. The zero-order chi connectivity index (χ0) is 17.0. The lowest BCUT2D eigenvalue weighted by Crippen LogP contribution is -2.31. The smallest absolute Gasteiger partial charge is 0.324 e. The standard InChI is InChI=1S/C15H11ClFN5O2/c1-5-9-10(6-2-3-8(17)7(16)4-6)11-12(18-13(9)22-21-5)19-15(24)20-14(11)23/h2-4,10H,1H3,(H4,18,19,20,21,22,23,24)/t10-/m0/s1. The number of nitrogens with zero attached hydrogens (tertiary/aromatic N) is 1. The van der Waals surface area contributed by atoms with Crippen LogP contribution in [0.1, 0.15) is 28.3 Å². The van der Waals surface area contributed by atoms with Gasteiger partial charge < -0.3 is 5.32 Å². The number of hydrogen-bond acceptors (Lipinski definition) is 4. The van der Waals surface area contributed by atoms with Gasteiger partial charge in [-0.05, 0) is 24.6 Å². The molecule has 4 N–H and O–H groups in total. The Labute approximate surface area is 138 Å². The normalized spacial score (nSPS) is 15.5. The molecular weight excluding hydrogens is 337 g/mol. The zero-order valence-electron chi connectivity index (χ0n) is 12.3. The van der Waals surface area contributed by atoms with E-state index in [4.69, 9.17) is 11.6 Å². The molecule has 122 valence electrons. The summed E-state index contributed by atoms with van der Waals surface area (Å²) >= 11 is 5.91. The molecular formula is C15H11ClFN5O2. The number of rotatable bonds is 1. The third-order valence-corrected chi connectivity index (χ3v) is 4.36. The highest BCUT2D eigenvalue weighted by atomic mass is 35.5. The second-order valence-electron chi connectivity index (χ2n) is 5.54. The Morgan fingerprint density at radius 3 is 2.75 bits per heavy atom. The molecule has 0 amide bonds. The molecule has 1 aromatic carbocycles. The van der Waals surface area contributed by atoms with E-state index in [9.17, 15) is 14.0 Å². The molecule has 0 fully saturated rings. The van der Waals surface area contributed by atoms with E-state index < -0.39 is 23.0 Å². The van der Waals surface area contributed by atoms with Crippen LogP contribution in [0.3, 0.4) is 0 Å². The van der Waals surface area contributed by atoms with E-state index in [0.717, 1.165) is 11.3 Å². The van der Waals surface area contributed by atoms with Crippen molar-refractivity contribution in [2.75, 3.05) is 5.32 Å². The van der Waals surface area contributed by atoms with Gasteiger partial charge >= 0.3 is 5.69 Å². The van der Waals surface area contributed by atoms with Gasteiger partial charge in [0, 0.05) is 17.2 Å². The quantitative estimate of drug-likeness (QED) is 0.423. The number of benzene rings is 1. The molecule has 3 heterocycles. The summed E-state index contributed by atoms with van der Waals surface area (Å²) in [7, 11) is 0. The molecule has 1 aliphatic heterocycles. The maximum Gasteiger partial charge on any atom is 0.327 e. The van der Waals surface area contributed by atoms with Gasteiger partial charge in [0.15, 0.2) is 5.82 Å². The summed E-state index contributed by atoms with van der Waals surface area (Å²) < 4.78 is 13.5. The highest BCUT2D eigenvalue weighted by molar-refractivity contribution is 6.30. The summed E-state index contributed by atoms with van der Waals surface area (Å²) in [5.41, 5.74) is 1.26.